The van der Waals surface area contributed by atoms with Crippen LogP contribution in [0.3, 0.4) is 0 Å². The molecule has 0 unspecified atom stereocenters. The van der Waals surface area contributed by atoms with Gasteiger partial charge in [-0.05, 0) is 5.92 Å². The molecule has 0 spiro atoms. The van der Waals surface area contributed by atoms with Crippen LogP contribution in [0.4, 0.5) is 5.13 Å². The highest BCUT2D eigenvalue weighted by Gasteiger charge is 2.13. The molecule has 0 radical (unpaired) electrons. The molecule has 2 N–H and O–H groups in total. The minimum atomic E-state index is -0.604. The van der Waals surface area contributed by atoms with E-state index in [1.54, 1.807) is 11.5 Å². The summed E-state index contributed by atoms with van der Waals surface area (Å²) in [6, 6.07) is 0. The first-order valence-corrected chi connectivity index (χ1v) is 7.15. The molecular formula is C13H19N3O3S. The van der Waals surface area contributed by atoms with E-state index in [-0.39, 0.29) is 18.2 Å². The summed E-state index contributed by atoms with van der Waals surface area (Å²) in [7, 11) is 0. The van der Waals surface area contributed by atoms with Crippen LogP contribution in [-0.2, 0) is 9.53 Å². The van der Waals surface area contributed by atoms with Crippen LogP contribution in [0.1, 0.15) is 24.3 Å². The molecule has 1 aromatic heterocycles. The number of carbonyl (C=O) groups is 2. The summed E-state index contributed by atoms with van der Waals surface area (Å²) in [6.45, 7) is 8.38. The zero-order valence-electron chi connectivity index (χ0n) is 11.6. The number of aromatic nitrogens is 1. The van der Waals surface area contributed by atoms with E-state index in [2.05, 4.69) is 22.2 Å². The lowest BCUT2D eigenvalue weighted by Crippen LogP contribution is -2.31. The molecule has 0 aliphatic heterocycles. The van der Waals surface area contributed by atoms with Gasteiger partial charge in [0.15, 0.2) is 17.4 Å². The van der Waals surface area contributed by atoms with Crippen LogP contribution in [0, 0.1) is 5.92 Å². The summed E-state index contributed by atoms with van der Waals surface area (Å²) < 4.78 is 4.89. The normalized spacial score (nSPS) is 10.2. The van der Waals surface area contributed by atoms with Gasteiger partial charge in [0.2, 0.25) is 0 Å². The molecule has 0 atom stereocenters. The van der Waals surface area contributed by atoms with Gasteiger partial charge in [-0.1, -0.05) is 19.9 Å². The van der Waals surface area contributed by atoms with Crippen LogP contribution in [-0.4, -0.2) is 36.6 Å². The lowest BCUT2D eigenvalue weighted by molar-refractivity contribution is -0.124. The molecule has 0 saturated heterocycles. The van der Waals surface area contributed by atoms with Crippen LogP contribution in [0.25, 0.3) is 0 Å². The predicted octanol–water partition coefficient (Wildman–Crippen LogP) is 1.67. The Morgan fingerprint density at radius 1 is 1.55 bits per heavy atom. The summed E-state index contributed by atoms with van der Waals surface area (Å²) in [4.78, 5) is 27.1. The van der Waals surface area contributed by atoms with E-state index in [4.69, 9.17) is 4.74 Å². The largest absolute Gasteiger partial charge is 0.451 e. The summed E-state index contributed by atoms with van der Waals surface area (Å²) in [5.74, 6) is -0.563. The molecule has 0 aliphatic carbocycles. The van der Waals surface area contributed by atoms with Gasteiger partial charge in [-0.25, -0.2) is 9.78 Å². The maximum absolute atomic E-state index is 11.7. The van der Waals surface area contributed by atoms with Gasteiger partial charge in [0.25, 0.3) is 5.91 Å². The number of hydrogen-bond acceptors (Lipinski definition) is 6. The number of amides is 1. The van der Waals surface area contributed by atoms with Gasteiger partial charge >= 0.3 is 5.97 Å². The zero-order chi connectivity index (χ0) is 15.0. The van der Waals surface area contributed by atoms with Crippen molar-refractivity contribution in [3.8, 4) is 0 Å². The molecule has 0 aromatic carbocycles. The van der Waals surface area contributed by atoms with Crippen molar-refractivity contribution in [2.45, 2.75) is 13.8 Å². The third-order valence-electron chi connectivity index (χ3n) is 2.15. The first-order chi connectivity index (χ1) is 9.52. The number of nitrogens with zero attached hydrogens (tertiary/aromatic N) is 1. The number of rotatable bonds is 8. The first-order valence-electron chi connectivity index (χ1n) is 6.27. The van der Waals surface area contributed by atoms with E-state index in [1.807, 2.05) is 13.8 Å². The third-order valence-corrected chi connectivity index (χ3v) is 2.95. The molecule has 110 valence electrons. The van der Waals surface area contributed by atoms with Crippen molar-refractivity contribution >= 4 is 28.3 Å². The van der Waals surface area contributed by atoms with Crippen molar-refractivity contribution in [3.05, 3.63) is 23.7 Å². The van der Waals surface area contributed by atoms with Crippen molar-refractivity contribution in [1.82, 2.24) is 10.3 Å². The minimum Gasteiger partial charge on any atom is -0.451 e. The Bertz CT molecular complexity index is 471. The van der Waals surface area contributed by atoms with Crippen LogP contribution in [0.2, 0.25) is 0 Å². The van der Waals surface area contributed by atoms with E-state index in [1.165, 1.54) is 11.3 Å². The molecule has 0 bridgehead atoms. The van der Waals surface area contributed by atoms with Crippen LogP contribution < -0.4 is 10.6 Å². The Labute approximate surface area is 122 Å². The van der Waals surface area contributed by atoms with Gasteiger partial charge in [-0.2, -0.15) is 0 Å². The van der Waals surface area contributed by atoms with Crippen molar-refractivity contribution < 1.29 is 14.3 Å². The van der Waals surface area contributed by atoms with Crippen molar-refractivity contribution in [2.75, 3.05) is 25.0 Å². The number of nitrogens with one attached hydrogen (secondary N) is 2. The van der Waals surface area contributed by atoms with E-state index in [0.717, 1.165) is 0 Å². The second-order valence-corrected chi connectivity index (χ2v) is 5.34. The van der Waals surface area contributed by atoms with Crippen molar-refractivity contribution in [2.24, 2.45) is 5.92 Å². The van der Waals surface area contributed by atoms with Gasteiger partial charge in [-0.15, -0.1) is 17.9 Å². The molecular weight excluding hydrogens is 278 g/mol. The fourth-order valence-electron chi connectivity index (χ4n) is 1.18. The fourth-order valence-corrected chi connectivity index (χ4v) is 1.87. The van der Waals surface area contributed by atoms with E-state index < -0.39 is 5.97 Å². The zero-order valence-corrected chi connectivity index (χ0v) is 12.5. The highest BCUT2D eigenvalue weighted by Crippen LogP contribution is 2.15. The van der Waals surface area contributed by atoms with Crippen LogP contribution >= 0.6 is 11.3 Å². The number of thiazole rings is 1. The summed E-state index contributed by atoms with van der Waals surface area (Å²) in [5.41, 5.74) is 0.193. The SMILES string of the molecule is C=CCNc1nc(C(=O)OCC(=O)NCC(C)C)cs1. The smallest absolute Gasteiger partial charge is 0.358 e. The maximum atomic E-state index is 11.7. The third kappa shape index (κ3) is 5.83. The molecule has 6 nitrogen and oxygen atoms in total. The predicted molar refractivity (Wildman–Crippen MR) is 78.9 cm³/mol. The van der Waals surface area contributed by atoms with Gasteiger partial charge in [-0.3, -0.25) is 4.79 Å². The average molecular weight is 297 g/mol. The number of esters is 1. The maximum Gasteiger partial charge on any atom is 0.358 e. The molecule has 1 heterocycles. The second kappa shape index (κ2) is 8.31. The Kier molecular flexibility index (Phi) is 6.72. The monoisotopic (exact) mass is 297 g/mol. The molecule has 7 heteroatoms. The number of ether oxygens (including phenoxy) is 1. The Morgan fingerprint density at radius 3 is 2.95 bits per heavy atom. The molecule has 0 aliphatic rings. The van der Waals surface area contributed by atoms with Gasteiger partial charge < -0.3 is 15.4 Å². The van der Waals surface area contributed by atoms with E-state index >= 15 is 0 Å². The Morgan fingerprint density at radius 2 is 2.30 bits per heavy atom. The van der Waals surface area contributed by atoms with Gasteiger partial charge in [0.05, 0.1) is 0 Å². The number of carbonyl (C=O) groups excluding carboxylic acids is 2. The molecule has 0 saturated carbocycles. The van der Waals surface area contributed by atoms with Gasteiger partial charge in [0.1, 0.15) is 0 Å². The standard InChI is InChI=1S/C13H19N3O3S/c1-4-5-14-13-16-10(8-20-13)12(18)19-7-11(17)15-6-9(2)3/h4,8-9H,1,5-7H2,2-3H3,(H,14,16)(H,15,17). The highest BCUT2D eigenvalue weighted by atomic mass is 32.1. The number of anilines is 1. The number of hydrogen-bond donors (Lipinski definition) is 2. The van der Waals surface area contributed by atoms with Gasteiger partial charge in [0, 0.05) is 18.5 Å². The first kappa shape index (κ1) is 16.2. The molecule has 20 heavy (non-hydrogen) atoms. The van der Waals surface area contributed by atoms with Crippen molar-refractivity contribution in [3.63, 3.8) is 0 Å². The fraction of sp³-hybridized carbons (Fsp3) is 0.462. The summed E-state index contributed by atoms with van der Waals surface area (Å²) in [5, 5.41) is 7.83. The summed E-state index contributed by atoms with van der Waals surface area (Å²) >= 11 is 1.29. The Hall–Kier alpha value is -1.89. The van der Waals surface area contributed by atoms with E-state index in [9.17, 15) is 9.59 Å². The minimum absolute atomic E-state index is 0.193. The molecule has 0 fully saturated rings. The van der Waals surface area contributed by atoms with Crippen LogP contribution in [0.5, 0.6) is 0 Å². The highest BCUT2D eigenvalue weighted by molar-refractivity contribution is 7.13. The second-order valence-electron chi connectivity index (χ2n) is 4.48. The molecule has 1 rings (SSSR count). The van der Waals surface area contributed by atoms with Crippen LogP contribution in [0.15, 0.2) is 18.0 Å². The van der Waals surface area contributed by atoms with Crippen molar-refractivity contribution in [1.29, 1.82) is 0 Å². The van der Waals surface area contributed by atoms with E-state index in [0.29, 0.717) is 24.1 Å². The topological polar surface area (TPSA) is 80.3 Å². The average Bonchev–Trinajstić information content (AvgIpc) is 2.89. The lowest BCUT2D eigenvalue weighted by Gasteiger charge is -2.07. The summed E-state index contributed by atoms with van der Waals surface area (Å²) in [6.07, 6.45) is 1.69. The lowest BCUT2D eigenvalue weighted by atomic mass is 10.2. The molecule has 1 amide bonds. The Balaban J connectivity index is 2.36. The quantitative estimate of drug-likeness (QED) is 0.563. The molecule has 1 aromatic rings.